The average molecular weight is 448 g/mol. The molecule has 0 bridgehead atoms. The lowest BCUT2D eigenvalue weighted by Gasteiger charge is -2.11. The Morgan fingerprint density at radius 2 is 1.03 bits per heavy atom. The molecule has 0 aliphatic carbocycles. The smallest absolute Gasteiger partial charge is 0.302 e. The van der Waals surface area contributed by atoms with Crippen LogP contribution in [0.4, 0.5) is 0 Å². The lowest BCUT2D eigenvalue weighted by Crippen LogP contribution is -2.03. The molecule has 0 aliphatic heterocycles. The van der Waals surface area contributed by atoms with E-state index in [1.54, 1.807) is 0 Å². The summed E-state index contributed by atoms with van der Waals surface area (Å²) in [5.41, 5.74) is -0.833. The van der Waals surface area contributed by atoms with Gasteiger partial charge in [0.15, 0.2) is 44.0 Å². The lowest BCUT2D eigenvalue weighted by molar-refractivity contribution is 0.344. The van der Waals surface area contributed by atoms with Crippen molar-refractivity contribution in [3.63, 3.8) is 0 Å². The highest BCUT2D eigenvalue weighted by Crippen LogP contribution is 2.48. The van der Waals surface area contributed by atoms with E-state index in [0.717, 1.165) is 14.2 Å². The van der Waals surface area contributed by atoms with E-state index in [2.05, 4.69) is 0 Å². The van der Waals surface area contributed by atoms with E-state index in [4.69, 9.17) is 23.4 Å². The minimum absolute atomic E-state index is 0.0520. The van der Waals surface area contributed by atoms with Gasteiger partial charge >= 0.3 is 20.2 Å². The maximum atomic E-state index is 12.0. The zero-order valence-electron chi connectivity index (χ0n) is 15.5. The van der Waals surface area contributed by atoms with Crippen LogP contribution < -0.4 is 18.9 Å². The predicted octanol–water partition coefficient (Wildman–Crippen LogP) is 2.11. The second kappa shape index (κ2) is 6.95. The maximum absolute atomic E-state index is 12.0. The van der Waals surface area contributed by atoms with Gasteiger partial charge in [0, 0.05) is 10.8 Å². The third kappa shape index (κ3) is 3.21. The number of hydrogen-bond donors (Lipinski definition) is 2. The monoisotopic (exact) mass is 448 g/mol. The minimum Gasteiger partial charge on any atom is -0.493 e. The summed E-state index contributed by atoms with van der Waals surface area (Å²) in [6.07, 6.45) is 0. The molecule has 0 atom stereocenters. The van der Waals surface area contributed by atoms with Crippen LogP contribution in [0.3, 0.4) is 0 Å². The van der Waals surface area contributed by atoms with Gasteiger partial charge < -0.3 is 23.4 Å². The van der Waals surface area contributed by atoms with Crippen LogP contribution in [-0.4, -0.2) is 54.4 Å². The standard InChI is InChI=1S/C16H16O11S2/c1-23-9-5-7-8-6-10(24-2)14(26-4)16(29(20,21)22)12(8)27-11(7)15(13(9)25-3)28(17,18)19/h5-6H,1-4H3,(H,17,18,19)(H,20,21,22). The molecule has 0 radical (unpaired) electrons. The molecule has 0 saturated heterocycles. The van der Waals surface area contributed by atoms with Gasteiger partial charge in [0.1, 0.15) is 0 Å². The van der Waals surface area contributed by atoms with Crippen molar-refractivity contribution in [1.82, 2.24) is 0 Å². The number of ether oxygens (including phenoxy) is 4. The van der Waals surface area contributed by atoms with Gasteiger partial charge in [0.25, 0.3) is 0 Å². The molecule has 11 nitrogen and oxygen atoms in total. The first-order valence-corrected chi connectivity index (χ1v) is 10.6. The molecule has 0 spiro atoms. The molecule has 0 saturated carbocycles. The SMILES string of the molecule is COc1cc2c(oc3c(S(=O)(=O)O)c(OC)c(OC)cc32)c(S(=O)(=O)O)c1OC. The van der Waals surface area contributed by atoms with E-state index in [1.807, 2.05) is 0 Å². The molecule has 0 aliphatic rings. The molecule has 1 aromatic heterocycles. The highest BCUT2D eigenvalue weighted by atomic mass is 32.2. The van der Waals surface area contributed by atoms with Gasteiger partial charge in [0.2, 0.25) is 0 Å². The second-order valence-corrected chi connectivity index (χ2v) is 8.40. The van der Waals surface area contributed by atoms with Crippen LogP contribution in [0.5, 0.6) is 23.0 Å². The topological polar surface area (TPSA) is 159 Å². The molecule has 13 heteroatoms. The van der Waals surface area contributed by atoms with Crippen molar-refractivity contribution in [2.24, 2.45) is 0 Å². The van der Waals surface area contributed by atoms with Crippen LogP contribution in [0.25, 0.3) is 21.9 Å². The Labute approximate surface area is 165 Å². The quantitative estimate of drug-likeness (QED) is 0.532. The summed E-state index contributed by atoms with van der Waals surface area (Å²) >= 11 is 0. The van der Waals surface area contributed by atoms with Gasteiger partial charge in [-0.05, 0) is 12.1 Å². The minimum atomic E-state index is -4.91. The first kappa shape index (κ1) is 21.0. The molecule has 1 heterocycles. The third-order valence-corrected chi connectivity index (χ3v) is 5.94. The summed E-state index contributed by atoms with van der Waals surface area (Å²) in [5, 5.41) is 0.104. The summed E-state index contributed by atoms with van der Waals surface area (Å²) in [6.45, 7) is 0. The molecule has 2 N–H and O–H groups in total. The van der Waals surface area contributed by atoms with E-state index >= 15 is 0 Å². The largest absolute Gasteiger partial charge is 0.493 e. The Kier molecular flexibility index (Phi) is 5.03. The van der Waals surface area contributed by atoms with Crippen LogP contribution >= 0.6 is 0 Å². The van der Waals surface area contributed by atoms with Gasteiger partial charge in [-0.25, -0.2) is 0 Å². The summed E-state index contributed by atoms with van der Waals surface area (Å²) in [5.74, 6) is -0.847. The number of hydrogen-bond acceptors (Lipinski definition) is 9. The Morgan fingerprint density at radius 1 is 0.690 bits per heavy atom. The first-order valence-electron chi connectivity index (χ1n) is 7.70. The highest BCUT2D eigenvalue weighted by Gasteiger charge is 2.33. The second-order valence-electron chi connectivity index (χ2n) is 5.69. The van der Waals surface area contributed by atoms with Gasteiger partial charge in [-0.15, -0.1) is 0 Å². The zero-order valence-corrected chi connectivity index (χ0v) is 17.2. The molecule has 0 fully saturated rings. The van der Waals surface area contributed by atoms with Gasteiger partial charge in [-0.3, -0.25) is 9.11 Å². The summed E-state index contributed by atoms with van der Waals surface area (Å²) in [4.78, 5) is -1.55. The molecular weight excluding hydrogens is 432 g/mol. The van der Waals surface area contributed by atoms with Crippen LogP contribution in [0.2, 0.25) is 0 Å². The number of furan rings is 1. The van der Waals surface area contributed by atoms with Gasteiger partial charge in [0.05, 0.1) is 28.4 Å². The Bertz CT molecular complexity index is 1230. The van der Waals surface area contributed by atoms with Crippen molar-refractivity contribution in [2.45, 2.75) is 9.79 Å². The van der Waals surface area contributed by atoms with Crippen molar-refractivity contribution < 1.29 is 49.3 Å². The Morgan fingerprint density at radius 3 is 1.28 bits per heavy atom. The fraction of sp³-hybridized carbons (Fsp3) is 0.250. The van der Waals surface area contributed by atoms with E-state index in [0.29, 0.717) is 0 Å². The van der Waals surface area contributed by atoms with Crippen LogP contribution in [-0.2, 0) is 20.2 Å². The number of methoxy groups -OCH3 is 4. The molecule has 2 aromatic carbocycles. The molecule has 158 valence electrons. The van der Waals surface area contributed by atoms with E-state index < -0.39 is 41.2 Å². The molecule has 0 amide bonds. The van der Waals surface area contributed by atoms with Crippen molar-refractivity contribution in [3.8, 4) is 23.0 Å². The Balaban J connectivity index is 2.72. The van der Waals surface area contributed by atoms with Gasteiger partial charge in [-0.1, -0.05) is 0 Å². The lowest BCUT2D eigenvalue weighted by atomic mass is 10.1. The zero-order chi connectivity index (χ0) is 21.7. The van der Waals surface area contributed by atoms with Crippen LogP contribution in [0, 0.1) is 0 Å². The van der Waals surface area contributed by atoms with Crippen molar-refractivity contribution >= 4 is 42.2 Å². The van der Waals surface area contributed by atoms with Crippen LogP contribution in [0.1, 0.15) is 0 Å². The summed E-state index contributed by atoms with van der Waals surface area (Å²) < 4.78 is 93.5. The number of fused-ring (bicyclic) bond motifs is 3. The highest BCUT2D eigenvalue weighted by molar-refractivity contribution is 7.86. The summed E-state index contributed by atoms with van der Waals surface area (Å²) in [6, 6.07) is 2.66. The molecule has 3 aromatic rings. The molecule has 3 rings (SSSR count). The van der Waals surface area contributed by atoms with Crippen molar-refractivity contribution in [3.05, 3.63) is 12.1 Å². The third-order valence-electron chi connectivity index (χ3n) is 4.17. The fourth-order valence-electron chi connectivity index (χ4n) is 3.06. The van der Waals surface area contributed by atoms with E-state index in [1.165, 1.54) is 26.4 Å². The van der Waals surface area contributed by atoms with Crippen LogP contribution in [0.15, 0.2) is 26.3 Å². The summed E-state index contributed by atoms with van der Waals surface area (Å²) in [7, 11) is -5.03. The maximum Gasteiger partial charge on any atom is 0.302 e. The Hall–Kier alpha value is -2.74. The normalized spacial score (nSPS) is 12.3. The number of benzene rings is 2. The molecule has 0 unspecified atom stereocenters. The van der Waals surface area contributed by atoms with Crippen molar-refractivity contribution in [2.75, 3.05) is 28.4 Å². The van der Waals surface area contributed by atoms with Crippen molar-refractivity contribution in [1.29, 1.82) is 0 Å². The van der Waals surface area contributed by atoms with E-state index in [9.17, 15) is 25.9 Å². The average Bonchev–Trinajstić information content (AvgIpc) is 2.99. The van der Waals surface area contributed by atoms with Gasteiger partial charge in [-0.2, -0.15) is 16.8 Å². The van der Waals surface area contributed by atoms with E-state index in [-0.39, 0.29) is 33.8 Å². The first-order chi connectivity index (χ1) is 13.5. The fourth-order valence-corrected chi connectivity index (χ4v) is 4.67. The predicted molar refractivity (Wildman–Crippen MR) is 99.6 cm³/mol. The molecular formula is C16H16O11S2. The number of rotatable bonds is 6. The molecule has 29 heavy (non-hydrogen) atoms.